The van der Waals surface area contributed by atoms with Gasteiger partial charge in [-0.3, -0.25) is 14.4 Å². The molecule has 6 heteroatoms. The monoisotopic (exact) mass is 423 g/mol. The van der Waals surface area contributed by atoms with Crippen LogP contribution in [0.1, 0.15) is 61.7 Å². The van der Waals surface area contributed by atoms with E-state index < -0.39 is 0 Å². The quantitative estimate of drug-likeness (QED) is 0.729. The van der Waals surface area contributed by atoms with Gasteiger partial charge in [-0.25, -0.2) is 0 Å². The smallest absolute Gasteiger partial charge is 0.253 e. The van der Waals surface area contributed by atoms with Gasteiger partial charge in [0, 0.05) is 56.8 Å². The van der Waals surface area contributed by atoms with Crippen molar-refractivity contribution in [1.82, 2.24) is 14.7 Å². The van der Waals surface area contributed by atoms with Crippen molar-refractivity contribution >= 4 is 17.7 Å². The van der Waals surface area contributed by atoms with E-state index in [2.05, 4.69) is 6.08 Å². The third kappa shape index (κ3) is 5.17. The highest BCUT2D eigenvalue weighted by molar-refractivity contribution is 5.94. The molecule has 0 radical (unpaired) electrons. The number of benzene rings is 1. The lowest BCUT2D eigenvalue weighted by Gasteiger charge is -2.38. The van der Waals surface area contributed by atoms with E-state index in [4.69, 9.17) is 0 Å². The van der Waals surface area contributed by atoms with Crippen LogP contribution in [0.4, 0.5) is 0 Å². The molecule has 1 atom stereocenters. The van der Waals surface area contributed by atoms with Crippen LogP contribution >= 0.6 is 0 Å². The zero-order valence-electron chi connectivity index (χ0n) is 18.3. The van der Waals surface area contributed by atoms with Gasteiger partial charge in [0.2, 0.25) is 11.8 Å². The average molecular weight is 424 g/mol. The van der Waals surface area contributed by atoms with Crippen molar-refractivity contribution in [2.45, 2.75) is 51.4 Å². The van der Waals surface area contributed by atoms with Gasteiger partial charge in [0.1, 0.15) is 0 Å². The van der Waals surface area contributed by atoms with E-state index in [0.717, 1.165) is 19.4 Å². The second kappa shape index (κ2) is 10.1. The zero-order valence-corrected chi connectivity index (χ0v) is 18.3. The summed E-state index contributed by atoms with van der Waals surface area (Å²) >= 11 is 0. The molecular weight excluding hydrogens is 390 g/mol. The molecule has 0 N–H and O–H groups in total. The van der Waals surface area contributed by atoms with Gasteiger partial charge in [0.25, 0.3) is 5.91 Å². The van der Waals surface area contributed by atoms with Crippen LogP contribution in [-0.2, 0) is 9.59 Å². The summed E-state index contributed by atoms with van der Waals surface area (Å²) in [5.41, 5.74) is 1.93. The highest BCUT2D eigenvalue weighted by Gasteiger charge is 2.30. The van der Waals surface area contributed by atoms with Gasteiger partial charge in [-0.05, 0) is 56.6 Å². The lowest BCUT2D eigenvalue weighted by molar-refractivity contribution is -0.133. The third-order valence-electron chi connectivity index (χ3n) is 6.80. The van der Waals surface area contributed by atoms with Gasteiger partial charge in [-0.2, -0.15) is 0 Å². The molecule has 1 aromatic carbocycles. The minimum absolute atomic E-state index is 0.0233. The molecule has 0 spiro atoms. The molecule has 1 aliphatic carbocycles. The molecule has 6 nitrogen and oxygen atoms in total. The van der Waals surface area contributed by atoms with Gasteiger partial charge >= 0.3 is 0 Å². The van der Waals surface area contributed by atoms with Crippen molar-refractivity contribution in [3.63, 3.8) is 0 Å². The molecule has 2 aliphatic heterocycles. The summed E-state index contributed by atoms with van der Waals surface area (Å²) in [4.78, 5) is 43.6. The largest absolute Gasteiger partial charge is 0.339 e. The van der Waals surface area contributed by atoms with Crippen LogP contribution in [0.25, 0.3) is 0 Å². The van der Waals surface area contributed by atoms with Crippen molar-refractivity contribution in [3.05, 3.63) is 47.7 Å². The molecule has 0 saturated carbocycles. The predicted octanol–water partition coefficient (Wildman–Crippen LogP) is 3.45. The van der Waals surface area contributed by atoms with Crippen LogP contribution in [-0.4, -0.2) is 65.1 Å². The number of likely N-dealkylation sites (tertiary alicyclic amines) is 1. The number of amides is 3. The number of hydrogen-bond donors (Lipinski definition) is 0. The molecule has 2 fully saturated rings. The molecule has 3 aliphatic rings. The molecular formula is C25H33N3O3. The lowest BCUT2D eigenvalue weighted by Crippen LogP contribution is -2.50. The predicted molar refractivity (Wildman–Crippen MR) is 119 cm³/mol. The molecule has 3 amide bonds. The minimum Gasteiger partial charge on any atom is -0.339 e. The van der Waals surface area contributed by atoms with Crippen molar-refractivity contribution in [1.29, 1.82) is 0 Å². The van der Waals surface area contributed by atoms with Crippen LogP contribution < -0.4 is 0 Å². The van der Waals surface area contributed by atoms with Gasteiger partial charge in [-0.15, -0.1) is 0 Å². The molecule has 166 valence electrons. The van der Waals surface area contributed by atoms with E-state index in [0.29, 0.717) is 56.9 Å². The van der Waals surface area contributed by atoms with Crippen LogP contribution in [0.2, 0.25) is 0 Å². The summed E-state index contributed by atoms with van der Waals surface area (Å²) in [6.07, 6.45) is 9.47. The van der Waals surface area contributed by atoms with Gasteiger partial charge < -0.3 is 14.7 Å². The second-order valence-electron chi connectivity index (χ2n) is 8.84. The molecule has 2 heterocycles. The Labute approximate surface area is 184 Å². The molecule has 0 aromatic heterocycles. The number of carbonyl (C=O) groups excluding carboxylic acids is 3. The van der Waals surface area contributed by atoms with E-state index in [1.54, 1.807) is 0 Å². The van der Waals surface area contributed by atoms with Gasteiger partial charge in [-0.1, -0.05) is 24.3 Å². The number of allylic oxidation sites excluding steroid dienone is 2. The number of piperazine rings is 1. The maximum absolute atomic E-state index is 12.8. The van der Waals surface area contributed by atoms with Crippen molar-refractivity contribution in [2.75, 3.05) is 32.7 Å². The van der Waals surface area contributed by atoms with Crippen molar-refractivity contribution in [2.24, 2.45) is 5.92 Å². The summed E-state index contributed by atoms with van der Waals surface area (Å²) in [6, 6.07) is 9.27. The second-order valence-corrected chi connectivity index (χ2v) is 8.84. The lowest BCUT2D eigenvalue weighted by atomic mass is 9.85. The Bertz CT molecular complexity index is 828. The summed E-state index contributed by atoms with van der Waals surface area (Å²) in [7, 11) is 0. The Hall–Kier alpha value is -2.63. The Morgan fingerprint density at radius 3 is 2.26 bits per heavy atom. The molecule has 1 aromatic rings. The van der Waals surface area contributed by atoms with Gasteiger partial charge in [0.05, 0.1) is 0 Å². The van der Waals surface area contributed by atoms with E-state index in [9.17, 15) is 14.4 Å². The summed E-state index contributed by atoms with van der Waals surface area (Å²) in [6.45, 7) is 3.06. The number of carbonyl (C=O) groups is 3. The van der Waals surface area contributed by atoms with Gasteiger partial charge in [0.15, 0.2) is 0 Å². The Morgan fingerprint density at radius 1 is 0.806 bits per heavy atom. The van der Waals surface area contributed by atoms with E-state index >= 15 is 0 Å². The van der Waals surface area contributed by atoms with Crippen LogP contribution in [0.15, 0.2) is 42.1 Å². The number of hydrogen-bond acceptors (Lipinski definition) is 3. The zero-order chi connectivity index (χ0) is 21.6. The average Bonchev–Trinajstić information content (AvgIpc) is 2.83. The maximum atomic E-state index is 12.8. The molecule has 4 rings (SSSR count). The number of nitrogens with zero attached hydrogens (tertiary/aromatic N) is 3. The summed E-state index contributed by atoms with van der Waals surface area (Å²) < 4.78 is 0. The van der Waals surface area contributed by atoms with Crippen molar-refractivity contribution in [3.8, 4) is 0 Å². The van der Waals surface area contributed by atoms with Crippen LogP contribution in [0.5, 0.6) is 0 Å². The van der Waals surface area contributed by atoms with Crippen molar-refractivity contribution < 1.29 is 14.4 Å². The first-order valence-electron chi connectivity index (χ1n) is 11.8. The van der Waals surface area contributed by atoms with E-state index in [-0.39, 0.29) is 17.7 Å². The highest BCUT2D eigenvalue weighted by atomic mass is 16.2. The molecule has 0 bridgehead atoms. The summed E-state index contributed by atoms with van der Waals surface area (Å²) in [5.74, 6) is 0.843. The summed E-state index contributed by atoms with van der Waals surface area (Å²) in [5, 5.41) is 0. The topological polar surface area (TPSA) is 60.9 Å². The van der Waals surface area contributed by atoms with Crippen LogP contribution in [0.3, 0.4) is 0 Å². The highest BCUT2D eigenvalue weighted by Crippen LogP contribution is 2.35. The maximum Gasteiger partial charge on any atom is 0.253 e. The van der Waals surface area contributed by atoms with Crippen LogP contribution in [0, 0.1) is 5.92 Å². The minimum atomic E-state index is 0.0233. The normalized spacial score (nSPS) is 21.4. The number of fused-ring (bicyclic) bond motifs is 1. The van der Waals surface area contributed by atoms with E-state index in [1.165, 1.54) is 25.0 Å². The molecule has 1 unspecified atom stereocenters. The fraction of sp³-hybridized carbons (Fsp3) is 0.560. The first-order chi connectivity index (χ1) is 15.1. The third-order valence-corrected chi connectivity index (χ3v) is 6.80. The fourth-order valence-electron chi connectivity index (χ4n) is 5.05. The Kier molecular flexibility index (Phi) is 7.05. The Morgan fingerprint density at radius 2 is 1.48 bits per heavy atom. The Balaban J connectivity index is 1.20. The number of piperidine rings is 1. The number of rotatable bonds is 5. The first-order valence-corrected chi connectivity index (χ1v) is 11.8. The standard InChI is InChI=1S/C25H33N3O3/c29-23(26-16-18-27(19-17-26)25(31)21-9-2-1-3-10-21)13-6-14-24(30)28-15-7-11-20-8-4-5-12-22(20)28/h1-3,9-10,12,20H,4-8,11,13-19H2. The molecule has 31 heavy (non-hydrogen) atoms. The fourth-order valence-corrected chi connectivity index (χ4v) is 5.05. The van der Waals surface area contributed by atoms with E-state index in [1.807, 2.05) is 45.0 Å². The molecule has 2 saturated heterocycles. The SMILES string of the molecule is O=C(CCCC(=O)N1CCCC2CCCC=C21)N1CCN(C(=O)c2ccccc2)CC1. The first kappa shape index (κ1) is 21.6.